The van der Waals surface area contributed by atoms with Gasteiger partial charge < -0.3 is 15.0 Å². The van der Waals surface area contributed by atoms with Gasteiger partial charge in [0.15, 0.2) is 0 Å². The molecular formula is C23H28Cl2IN3O2. The van der Waals surface area contributed by atoms with E-state index in [9.17, 15) is 4.79 Å². The SMILES string of the molecule is CN(C)CCCOc1cc(CN2CCC(NC(=O)c3ccc(Cl)c(Cl)c3)C2)ccc1I. The Balaban J connectivity index is 1.50. The van der Waals surface area contributed by atoms with E-state index in [1.165, 1.54) is 5.56 Å². The average molecular weight is 576 g/mol. The summed E-state index contributed by atoms with van der Waals surface area (Å²) in [6.45, 7) is 4.32. The summed E-state index contributed by atoms with van der Waals surface area (Å²) in [5.41, 5.74) is 1.75. The van der Waals surface area contributed by atoms with E-state index >= 15 is 0 Å². The summed E-state index contributed by atoms with van der Waals surface area (Å²) in [6.07, 6.45) is 1.92. The Labute approximate surface area is 208 Å². The Hall–Kier alpha value is -1.06. The third kappa shape index (κ3) is 7.49. The molecule has 5 nitrogen and oxygen atoms in total. The summed E-state index contributed by atoms with van der Waals surface area (Å²) in [5, 5.41) is 3.95. The number of hydrogen-bond acceptors (Lipinski definition) is 4. The molecule has 168 valence electrons. The maximum Gasteiger partial charge on any atom is 0.251 e. The van der Waals surface area contributed by atoms with Crippen LogP contribution < -0.4 is 10.1 Å². The van der Waals surface area contributed by atoms with E-state index in [0.29, 0.717) is 22.2 Å². The van der Waals surface area contributed by atoms with Crippen molar-refractivity contribution in [3.63, 3.8) is 0 Å². The van der Waals surface area contributed by atoms with Gasteiger partial charge in [0.05, 0.1) is 20.2 Å². The fourth-order valence-corrected chi connectivity index (χ4v) is 4.37. The molecule has 3 rings (SSSR count). The molecule has 1 saturated heterocycles. The molecule has 1 heterocycles. The van der Waals surface area contributed by atoms with E-state index in [0.717, 1.165) is 48.3 Å². The highest BCUT2D eigenvalue weighted by molar-refractivity contribution is 14.1. The molecule has 1 amide bonds. The lowest BCUT2D eigenvalue weighted by Crippen LogP contribution is -2.37. The number of benzene rings is 2. The standard InChI is InChI=1S/C23H28Cl2IN3O2/c1-28(2)9-3-11-31-22-12-16(4-7-21(22)26)14-29-10-8-18(15-29)27-23(30)17-5-6-19(24)20(25)13-17/h4-7,12-13,18H,3,8-11,14-15H2,1-2H3,(H,27,30). The van der Waals surface area contributed by atoms with Gasteiger partial charge in [-0.15, -0.1) is 0 Å². The second-order valence-corrected chi connectivity index (χ2v) is 10.1. The average Bonchev–Trinajstić information content (AvgIpc) is 3.16. The van der Waals surface area contributed by atoms with Gasteiger partial charge >= 0.3 is 0 Å². The van der Waals surface area contributed by atoms with Gasteiger partial charge in [0.1, 0.15) is 5.75 Å². The van der Waals surface area contributed by atoms with Crippen LogP contribution in [0.1, 0.15) is 28.8 Å². The molecule has 1 fully saturated rings. The highest BCUT2D eigenvalue weighted by atomic mass is 127. The van der Waals surface area contributed by atoms with Crippen LogP contribution in [-0.2, 0) is 6.54 Å². The summed E-state index contributed by atoms with van der Waals surface area (Å²) in [5.74, 6) is 0.827. The molecule has 31 heavy (non-hydrogen) atoms. The summed E-state index contributed by atoms with van der Waals surface area (Å²) in [6, 6.07) is 11.5. The molecule has 0 aliphatic carbocycles. The van der Waals surface area contributed by atoms with Gasteiger partial charge in [-0.2, -0.15) is 0 Å². The smallest absolute Gasteiger partial charge is 0.251 e. The van der Waals surface area contributed by atoms with Crippen LogP contribution in [0, 0.1) is 3.57 Å². The minimum Gasteiger partial charge on any atom is -0.492 e. The number of rotatable bonds is 9. The van der Waals surface area contributed by atoms with Crippen LogP contribution in [0.3, 0.4) is 0 Å². The van der Waals surface area contributed by atoms with Crippen molar-refractivity contribution in [3.05, 3.63) is 61.1 Å². The fourth-order valence-electron chi connectivity index (χ4n) is 3.58. The number of likely N-dealkylation sites (tertiary alicyclic amines) is 1. The molecular weight excluding hydrogens is 548 g/mol. The second-order valence-electron chi connectivity index (χ2n) is 8.09. The minimum atomic E-state index is -0.118. The topological polar surface area (TPSA) is 44.8 Å². The molecule has 1 unspecified atom stereocenters. The largest absolute Gasteiger partial charge is 0.492 e. The molecule has 0 bridgehead atoms. The summed E-state index contributed by atoms with van der Waals surface area (Å²) in [4.78, 5) is 17.0. The number of nitrogens with zero attached hydrogens (tertiary/aromatic N) is 2. The first-order chi connectivity index (χ1) is 14.8. The molecule has 1 atom stereocenters. The Morgan fingerprint density at radius 1 is 1.23 bits per heavy atom. The van der Waals surface area contributed by atoms with Gasteiger partial charge in [-0.05, 0) is 85.4 Å². The van der Waals surface area contributed by atoms with Gasteiger partial charge in [-0.1, -0.05) is 29.3 Å². The van der Waals surface area contributed by atoms with E-state index in [1.807, 2.05) is 0 Å². The summed E-state index contributed by atoms with van der Waals surface area (Å²) >= 11 is 14.3. The van der Waals surface area contributed by atoms with E-state index in [2.05, 4.69) is 70.0 Å². The van der Waals surface area contributed by atoms with Crippen LogP contribution in [0.25, 0.3) is 0 Å². The predicted molar refractivity (Wildman–Crippen MR) is 135 cm³/mol. The monoisotopic (exact) mass is 575 g/mol. The number of carbonyl (C=O) groups is 1. The quantitative estimate of drug-likeness (QED) is 0.340. The van der Waals surface area contributed by atoms with Crippen LogP contribution in [-0.4, -0.2) is 62.1 Å². The zero-order valence-corrected chi connectivity index (χ0v) is 21.5. The lowest BCUT2D eigenvalue weighted by atomic mass is 10.2. The van der Waals surface area contributed by atoms with Gasteiger partial charge in [0.25, 0.3) is 5.91 Å². The Kier molecular flexibility index (Phi) is 9.28. The minimum absolute atomic E-state index is 0.118. The third-order valence-electron chi connectivity index (χ3n) is 5.20. The zero-order chi connectivity index (χ0) is 22.4. The van der Waals surface area contributed by atoms with E-state index in [1.54, 1.807) is 18.2 Å². The number of nitrogens with one attached hydrogen (secondary N) is 1. The van der Waals surface area contributed by atoms with Crippen LogP contribution in [0.5, 0.6) is 5.75 Å². The van der Waals surface area contributed by atoms with Gasteiger partial charge in [0.2, 0.25) is 0 Å². The van der Waals surface area contributed by atoms with Gasteiger partial charge in [-0.3, -0.25) is 9.69 Å². The molecule has 8 heteroatoms. The highest BCUT2D eigenvalue weighted by Gasteiger charge is 2.24. The van der Waals surface area contributed by atoms with E-state index in [-0.39, 0.29) is 11.9 Å². The predicted octanol–water partition coefficient (Wildman–Crippen LogP) is 4.93. The number of amides is 1. The lowest BCUT2D eigenvalue weighted by Gasteiger charge is -2.18. The van der Waals surface area contributed by atoms with Crippen molar-refractivity contribution in [3.8, 4) is 5.75 Å². The summed E-state index contributed by atoms with van der Waals surface area (Å²) in [7, 11) is 4.14. The lowest BCUT2D eigenvalue weighted by molar-refractivity contribution is 0.0937. The third-order valence-corrected chi connectivity index (χ3v) is 6.83. The van der Waals surface area contributed by atoms with Gasteiger partial charge in [0, 0.05) is 37.8 Å². The van der Waals surface area contributed by atoms with Gasteiger partial charge in [-0.25, -0.2) is 0 Å². The molecule has 0 saturated carbocycles. The van der Waals surface area contributed by atoms with Crippen LogP contribution in [0.2, 0.25) is 10.0 Å². The first-order valence-electron chi connectivity index (χ1n) is 10.4. The van der Waals surface area contributed by atoms with Crippen molar-refractivity contribution in [1.82, 2.24) is 15.1 Å². The molecule has 0 radical (unpaired) electrons. The molecule has 2 aromatic rings. The number of carbonyl (C=O) groups excluding carboxylic acids is 1. The second kappa shape index (κ2) is 11.7. The van der Waals surface area contributed by atoms with Crippen molar-refractivity contribution >= 4 is 51.7 Å². The highest BCUT2D eigenvalue weighted by Crippen LogP contribution is 2.25. The number of halogens is 3. The maximum atomic E-state index is 12.5. The Bertz CT molecular complexity index is 910. The van der Waals surface area contributed by atoms with Crippen molar-refractivity contribution in [2.24, 2.45) is 0 Å². The van der Waals surface area contributed by atoms with Crippen LogP contribution in [0.4, 0.5) is 0 Å². The molecule has 2 aromatic carbocycles. The Morgan fingerprint density at radius 2 is 2.03 bits per heavy atom. The number of ether oxygens (including phenoxy) is 1. The maximum absolute atomic E-state index is 12.5. The van der Waals surface area contributed by atoms with Crippen LogP contribution >= 0.6 is 45.8 Å². The number of hydrogen-bond donors (Lipinski definition) is 1. The summed E-state index contributed by atoms with van der Waals surface area (Å²) < 4.78 is 7.13. The van der Waals surface area contributed by atoms with Crippen molar-refractivity contribution < 1.29 is 9.53 Å². The van der Waals surface area contributed by atoms with E-state index < -0.39 is 0 Å². The van der Waals surface area contributed by atoms with Crippen molar-refractivity contribution in [2.45, 2.75) is 25.4 Å². The van der Waals surface area contributed by atoms with Crippen LogP contribution in [0.15, 0.2) is 36.4 Å². The molecule has 0 aromatic heterocycles. The van der Waals surface area contributed by atoms with E-state index in [4.69, 9.17) is 27.9 Å². The molecule has 1 N–H and O–H groups in total. The van der Waals surface area contributed by atoms with Crippen molar-refractivity contribution in [2.75, 3.05) is 40.3 Å². The first-order valence-corrected chi connectivity index (χ1v) is 12.2. The molecule has 1 aliphatic heterocycles. The fraction of sp³-hybridized carbons (Fsp3) is 0.435. The normalized spacial score (nSPS) is 16.6. The Morgan fingerprint density at radius 3 is 2.77 bits per heavy atom. The molecule has 0 spiro atoms. The molecule has 1 aliphatic rings. The van der Waals surface area contributed by atoms with Crippen molar-refractivity contribution in [1.29, 1.82) is 0 Å². The first kappa shape index (κ1) is 24.6. The zero-order valence-electron chi connectivity index (χ0n) is 17.8.